The van der Waals surface area contributed by atoms with Gasteiger partial charge in [-0.1, -0.05) is 32.9 Å². The van der Waals surface area contributed by atoms with Gasteiger partial charge in [-0.3, -0.25) is 9.59 Å². The second-order valence-corrected chi connectivity index (χ2v) is 9.94. The van der Waals surface area contributed by atoms with Crippen molar-refractivity contribution in [3.8, 4) is 11.5 Å². The number of Topliss-reactive ketones (excluding diaryl/α,β-unsaturated/α-hetero) is 1. The number of likely N-dealkylation sites (tertiary alicyclic amines) is 1. The van der Waals surface area contributed by atoms with E-state index in [-0.39, 0.29) is 17.0 Å². The third-order valence-electron chi connectivity index (χ3n) is 7.44. The third kappa shape index (κ3) is 5.43. The van der Waals surface area contributed by atoms with Crippen molar-refractivity contribution in [2.24, 2.45) is 0 Å². The SMILES string of the molecule is CCCOc1ccc(C2C(=C(O)c3nc4c(C)cccn4c3C)C(=O)C(=O)N2CCN(CC)CC)cc1OCC. The molecule has 1 aromatic carbocycles. The molecule has 0 bridgehead atoms. The van der Waals surface area contributed by atoms with E-state index in [4.69, 9.17) is 9.47 Å². The van der Waals surface area contributed by atoms with E-state index in [2.05, 4.69) is 23.7 Å². The fourth-order valence-electron chi connectivity index (χ4n) is 5.21. The van der Waals surface area contributed by atoms with Crippen molar-refractivity contribution in [1.82, 2.24) is 19.2 Å². The Labute approximate surface area is 236 Å². The lowest BCUT2D eigenvalue weighted by Gasteiger charge is -2.28. The van der Waals surface area contributed by atoms with Crippen molar-refractivity contribution in [1.29, 1.82) is 0 Å². The molecule has 4 rings (SSSR count). The molecule has 0 aliphatic carbocycles. The number of fused-ring (bicyclic) bond motifs is 1. The highest BCUT2D eigenvalue weighted by molar-refractivity contribution is 6.46. The zero-order valence-electron chi connectivity index (χ0n) is 24.4. The molecule has 9 nitrogen and oxygen atoms in total. The number of rotatable bonds is 12. The van der Waals surface area contributed by atoms with Crippen LogP contribution in [0.2, 0.25) is 0 Å². The second kappa shape index (κ2) is 12.6. The van der Waals surface area contributed by atoms with E-state index < -0.39 is 17.7 Å². The minimum absolute atomic E-state index is 0.0263. The van der Waals surface area contributed by atoms with Crippen LogP contribution in [0.1, 0.15) is 62.7 Å². The molecule has 1 saturated heterocycles. The molecule has 0 radical (unpaired) electrons. The summed E-state index contributed by atoms with van der Waals surface area (Å²) < 4.78 is 13.7. The van der Waals surface area contributed by atoms with Crippen LogP contribution in [0, 0.1) is 13.8 Å². The lowest BCUT2D eigenvalue weighted by atomic mass is 9.96. The van der Waals surface area contributed by atoms with E-state index in [0.29, 0.717) is 54.7 Å². The summed E-state index contributed by atoms with van der Waals surface area (Å²) in [7, 11) is 0. The third-order valence-corrected chi connectivity index (χ3v) is 7.44. The van der Waals surface area contributed by atoms with Gasteiger partial charge in [-0.25, -0.2) is 4.98 Å². The van der Waals surface area contributed by atoms with Crippen LogP contribution in [0.25, 0.3) is 11.4 Å². The molecule has 1 fully saturated rings. The molecular formula is C31H40N4O5. The molecule has 0 saturated carbocycles. The Bertz CT molecular complexity index is 1420. The van der Waals surface area contributed by atoms with Gasteiger partial charge in [0.25, 0.3) is 11.7 Å². The van der Waals surface area contributed by atoms with Crippen molar-refractivity contribution in [3.05, 3.63) is 64.6 Å². The number of likely N-dealkylation sites (N-methyl/N-ethyl adjacent to an activating group) is 1. The van der Waals surface area contributed by atoms with Crippen molar-refractivity contribution in [2.75, 3.05) is 39.4 Å². The number of ether oxygens (including phenoxy) is 2. The molecule has 9 heteroatoms. The van der Waals surface area contributed by atoms with Crippen LogP contribution < -0.4 is 9.47 Å². The van der Waals surface area contributed by atoms with Gasteiger partial charge in [0.15, 0.2) is 17.3 Å². The Morgan fingerprint density at radius 1 is 1.05 bits per heavy atom. The average Bonchev–Trinajstić information content (AvgIpc) is 3.42. The lowest BCUT2D eigenvalue weighted by Crippen LogP contribution is -2.38. The average molecular weight is 549 g/mol. The molecule has 0 spiro atoms. The summed E-state index contributed by atoms with van der Waals surface area (Å²) in [5, 5.41) is 11.7. The number of benzene rings is 1. The van der Waals surface area contributed by atoms with Crippen LogP contribution in [0.3, 0.4) is 0 Å². The number of ketones is 1. The van der Waals surface area contributed by atoms with E-state index in [0.717, 1.165) is 25.1 Å². The maximum Gasteiger partial charge on any atom is 0.295 e. The normalized spacial score (nSPS) is 16.9. The molecule has 214 valence electrons. The predicted octanol–water partition coefficient (Wildman–Crippen LogP) is 4.90. The molecule has 40 heavy (non-hydrogen) atoms. The fraction of sp³-hybridized carbons (Fsp3) is 0.452. The zero-order chi connectivity index (χ0) is 29.0. The second-order valence-electron chi connectivity index (χ2n) is 9.94. The van der Waals surface area contributed by atoms with Gasteiger partial charge in [0.1, 0.15) is 11.3 Å². The molecular weight excluding hydrogens is 508 g/mol. The van der Waals surface area contributed by atoms with Crippen LogP contribution in [0.15, 0.2) is 42.1 Å². The summed E-state index contributed by atoms with van der Waals surface area (Å²) in [6.45, 7) is 15.4. The van der Waals surface area contributed by atoms with E-state index in [9.17, 15) is 14.7 Å². The maximum atomic E-state index is 13.6. The summed E-state index contributed by atoms with van der Waals surface area (Å²) in [6.07, 6.45) is 2.71. The number of carbonyl (C=O) groups is 2. The number of pyridine rings is 1. The molecule has 1 aliphatic heterocycles. The molecule has 1 N–H and O–H groups in total. The lowest BCUT2D eigenvalue weighted by molar-refractivity contribution is -0.140. The standard InChI is InChI=1S/C31H40N4O5/c1-7-18-40-23-14-13-22(19-24(23)39-10-4)27-25(29(37)31(38)35(27)17-16-33(8-2)9-3)28(36)26-21(6)34-15-11-12-20(5)30(34)32-26/h11-15,19,27,36H,7-10,16-18H2,1-6H3. The Kier molecular flexibility index (Phi) is 9.14. The molecule has 1 unspecified atom stereocenters. The minimum Gasteiger partial charge on any atom is -0.505 e. The number of aliphatic hydroxyl groups excluding tert-OH is 1. The first-order chi connectivity index (χ1) is 19.3. The number of hydrogen-bond donors (Lipinski definition) is 1. The van der Waals surface area contributed by atoms with Gasteiger partial charge in [-0.05, 0) is 69.6 Å². The molecule has 3 aromatic rings. The first-order valence-corrected chi connectivity index (χ1v) is 14.1. The largest absolute Gasteiger partial charge is 0.505 e. The van der Waals surface area contributed by atoms with E-state index >= 15 is 0 Å². The zero-order valence-corrected chi connectivity index (χ0v) is 24.4. The summed E-state index contributed by atoms with van der Waals surface area (Å²) in [5.41, 5.74) is 3.27. The van der Waals surface area contributed by atoms with Gasteiger partial charge in [0.2, 0.25) is 0 Å². The minimum atomic E-state index is -0.805. The molecule has 3 heterocycles. The Morgan fingerprint density at radius 2 is 1.80 bits per heavy atom. The summed E-state index contributed by atoms with van der Waals surface area (Å²) in [5.74, 6) is -0.514. The highest BCUT2D eigenvalue weighted by Crippen LogP contribution is 2.42. The number of nitrogens with zero attached hydrogens (tertiary/aromatic N) is 4. The van der Waals surface area contributed by atoms with Crippen molar-refractivity contribution < 1.29 is 24.2 Å². The quantitative estimate of drug-likeness (QED) is 0.195. The number of aromatic nitrogens is 2. The van der Waals surface area contributed by atoms with Crippen molar-refractivity contribution >= 4 is 23.1 Å². The number of aliphatic hydroxyl groups is 1. The predicted molar refractivity (Wildman–Crippen MR) is 155 cm³/mol. The first kappa shape index (κ1) is 29.1. The fourth-order valence-corrected chi connectivity index (χ4v) is 5.21. The summed E-state index contributed by atoms with van der Waals surface area (Å²) in [6, 6.07) is 8.49. The van der Waals surface area contributed by atoms with E-state index in [1.807, 2.05) is 62.6 Å². The number of carbonyl (C=O) groups excluding carboxylic acids is 2. The van der Waals surface area contributed by atoms with Gasteiger partial charge in [-0.2, -0.15) is 0 Å². The van der Waals surface area contributed by atoms with Gasteiger partial charge in [0, 0.05) is 19.3 Å². The van der Waals surface area contributed by atoms with Crippen molar-refractivity contribution in [2.45, 2.75) is 54.0 Å². The molecule has 1 aliphatic rings. The van der Waals surface area contributed by atoms with E-state index in [1.54, 1.807) is 11.0 Å². The maximum absolute atomic E-state index is 13.6. The molecule has 1 atom stereocenters. The highest BCUT2D eigenvalue weighted by Gasteiger charge is 2.46. The molecule has 1 amide bonds. The Morgan fingerprint density at radius 3 is 2.45 bits per heavy atom. The first-order valence-electron chi connectivity index (χ1n) is 14.1. The number of aryl methyl sites for hydroxylation is 2. The Hall–Kier alpha value is -3.85. The van der Waals surface area contributed by atoms with Crippen LogP contribution in [0.5, 0.6) is 11.5 Å². The highest BCUT2D eigenvalue weighted by atomic mass is 16.5. The van der Waals surface area contributed by atoms with Gasteiger partial charge in [-0.15, -0.1) is 0 Å². The van der Waals surface area contributed by atoms with Gasteiger partial charge in [0.05, 0.1) is 30.5 Å². The van der Waals surface area contributed by atoms with Gasteiger partial charge >= 0.3 is 0 Å². The van der Waals surface area contributed by atoms with Crippen molar-refractivity contribution in [3.63, 3.8) is 0 Å². The van der Waals surface area contributed by atoms with Crippen LogP contribution in [-0.2, 0) is 9.59 Å². The number of amides is 1. The summed E-state index contributed by atoms with van der Waals surface area (Å²) >= 11 is 0. The molecule has 2 aromatic heterocycles. The number of hydrogen-bond acceptors (Lipinski definition) is 7. The topological polar surface area (TPSA) is 96.6 Å². The van der Waals surface area contributed by atoms with Crippen LogP contribution >= 0.6 is 0 Å². The monoisotopic (exact) mass is 548 g/mol. The summed E-state index contributed by atoms with van der Waals surface area (Å²) in [4.78, 5) is 35.5. The van der Waals surface area contributed by atoms with Crippen LogP contribution in [0.4, 0.5) is 0 Å². The van der Waals surface area contributed by atoms with E-state index in [1.165, 1.54) is 0 Å². The van der Waals surface area contributed by atoms with Gasteiger partial charge < -0.3 is 28.8 Å². The smallest absolute Gasteiger partial charge is 0.295 e. The number of imidazole rings is 1. The van der Waals surface area contributed by atoms with Crippen LogP contribution in [-0.4, -0.2) is 75.4 Å². The Balaban J connectivity index is 1.89.